The Kier molecular flexibility index (Phi) is 8.21. The first-order chi connectivity index (χ1) is 14.4. The summed E-state index contributed by atoms with van der Waals surface area (Å²) in [6, 6.07) is 7.00. The van der Waals surface area contributed by atoms with Gasteiger partial charge in [0.1, 0.15) is 0 Å². The average molecular weight is 441 g/mol. The monoisotopic (exact) mass is 440 g/mol. The first kappa shape index (κ1) is 22.7. The fourth-order valence-electron chi connectivity index (χ4n) is 3.49. The van der Waals surface area contributed by atoms with Gasteiger partial charge in [0.15, 0.2) is 5.16 Å². The zero-order valence-electron chi connectivity index (χ0n) is 16.8. The number of H-pyrrole nitrogens is 1. The number of benzene rings is 1. The molecule has 9 heteroatoms. The smallest absolute Gasteiger partial charge is 0.369 e. The molecule has 0 unspecified atom stereocenters. The third kappa shape index (κ3) is 7.05. The number of aromatic amines is 1. The highest BCUT2D eigenvalue weighted by Gasteiger charge is 2.31. The predicted octanol–water partition coefficient (Wildman–Crippen LogP) is 4.26. The molecule has 1 aliphatic rings. The summed E-state index contributed by atoms with van der Waals surface area (Å²) in [6.45, 7) is 4.27. The van der Waals surface area contributed by atoms with E-state index in [-0.39, 0.29) is 5.56 Å². The molecule has 3 rings (SSSR count). The first-order valence-corrected chi connectivity index (χ1v) is 11.2. The van der Waals surface area contributed by atoms with Crippen molar-refractivity contribution in [2.75, 3.05) is 43.4 Å². The Morgan fingerprint density at radius 3 is 2.53 bits per heavy atom. The van der Waals surface area contributed by atoms with Crippen LogP contribution in [0.1, 0.15) is 31.2 Å². The Balaban J connectivity index is 1.29. The van der Waals surface area contributed by atoms with Crippen LogP contribution >= 0.6 is 11.8 Å². The van der Waals surface area contributed by atoms with Crippen LogP contribution in [0.3, 0.4) is 0 Å². The van der Waals surface area contributed by atoms with E-state index in [9.17, 15) is 18.0 Å². The van der Waals surface area contributed by atoms with Crippen molar-refractivity contribution in [1.82, 2.24) is 14.9 Å². The number of piperazine rings is 1. The molecular weight excluding hydrogens is 413 g/mol. The van der Waals surface area contributed by atoms with Gasteiger partial charge in [-0.2, -0.15) is 13.2 Å². The fourth-order valence-corrected chi connectivity index (χ4v) is 4.34. The summed E-state index contributed by atoms with van der Waals surface area (Å²) in [6.07, 6.45) is 1.70. The highest BCUT2D eigenvalue weighted by molar-refractivity contribution is 7.99. The number of alkyl halides is 3. The second-order valence-electron chi connectivity index (χ2n) is 7.38. The summed E-state index contributed by atoms with van der Waals surface area (Å²) in [7, 11) is 0. The van der Waals surface area contributed by atoms with E-state index in [0.717, 1.165) is 70.2 Å². The topological polar surface area (TPSA) is 52.2 Å². The van der Waals surface area contributed by atoms with Gasteiger partial charge in [-0.1, -0.05) is 30.7 Å². The van der Waals surface area contributed by atoms with E-state index in [4.69, 9.17) is 0 Å². The number of unbranched alkanes of at least 4 members (excludes halogenated alkanes) is 3. The van der Waals surface area contributed by atoms with Gasteiger partial charge in [0.25, 0.3) is 5.56 Å². The van der Waals surface area contributed by atoms with Gasteiger partial charge in [0.05, 0.1) is 5.56 Å². The minimum Gasteiger partial charge on any atom is -0.369 e. The third-order valence-corrected chi connectivity index (χ3v) is 6.14. The molecule has 0 amide bonds. The molecule has 0 saturated carbocycles. The van der Waals surface area contributed by atoms with Crippen molar-refractivity contribution in [3.05, 3.63) is 52.4 Å². The number of thioether (sulfide) groups is 1. The molecule has 0 atom stereocenters. The van der Waals surface area contributed by atoms with Gasteiger partial charge in [0, 0.05) is 49.9 Å². The maximum Gasteiger partial charge on any atom is 0.416 e. The van der Waals surface area contributed by atoms with Crippen LogP contribution in [0.5, 0.6) is 0 Å². The minimum atomic E-state index is -4.30. The number of halogens is 3. The standard InChI is InChI=1S/C21H27F3N4OS/c22-21(23,24)17-6-5-7-18(16-17)28-13-11-27(12-14-28)10-3-1-2-4-15-30-20-25-9-8-19(29)26-20/h5-9,16H,1-4,10-15H2,(H,25,26,29). The maximum atomic E-state index is 12.9. The lowest BCUT2D eigenvalue weighted by atomic mass is 10.1. The second kappa shape index (κ2) is 10.9. The molecule has 30 heavy (non-hydrogen) atoms. The molecule has 2 heterocycles. The summed E-state index contributed by atoms with van der Waals surface area (Å²) in [5, 5.41) is 0.668. The molecular formula is C21H27F3N4OS. The summed E-state index contributed by atoms with van der Waals surface area (Å²) >= 11 is 1.57. The Hall–Kier alpha value is -2.00. The van der Waals surface area contributed by atoms with Gasteiger partial charge in [-0.3, -0.25) is 9.69 Å². The lowest BCUT2D eigenvalue weighted by Gasteiger charge is -2.36. The van der Waals surface area contributed by atoms with Crippen LogP contribution in [-0.4, -0.2) is 53.3 Å². The number of hydrogen-bond donors (Lipinski definition) is 1. The number of nitrogens with zero attached hydrogens (tertiary/aromatic N) is 3. The zero-order valence-corrected chi connectivity index (χ0v) is 17.6. The van der Waals surface area contributed by atoms with Gasteiger partial charge in [-0.15, -0.1) is 0 Å². The first-order valence-electron chi connectivity index (χ1n) is 10.2. The number of nitrogens with one attached hydrogen (secondary N) is 1. The highest BCUT2D eigenvalue weighted by Crippen LogP contribution is 2.31. The van der Waals surface area contributed by atoms with Crippen LogP contribution in [0.25, 0.3) is 0 Å². The molecule has 1 aromatic heterocycles. The molecule has 1 fully saturated rings. The van der Waals surface area contributed by atoms with Crippen molar-refractivity contribution < 1.29 is 13.2 Å². The van der Waals surface area contributed by atoms with Crippen molar-refractivity contribution in [3.8, 4) is 0 Å². The molecule has 0 aliphatic carbocycles. The predicted molar refractivity (Wildman–Crippen MR) is 114 cm³/mol. The molecule has 1 N–H and O–H groups in total. The summed E-state index contributed by atoms with van der Waals surface area (Å²) in [5.74, 6) is 0.933. The molecule has 1 aromatic carbocycles. The van der Waals surface area contributed by atoms with Crippen LogP contribution in [0.2, 0.25) is 0 Å². The minimum absolute atomic E-state index is 0.124. The number of rotatable bonds is 9. The van der Waals surface area contributed by atoms with E-state index in [1.54, 1.807) is 17.8 Å². The van der Waals surface area contributed by atoms with E-state index in [1.807, 2.05) is 4.90 Å². The lowest BCUT2D eigenvalue weighted by molar-refractivity contribution is -0.137. The molecule has 1 aliphatic heterocycles. The van der Waals surface area contributed by atoms with Crippen LogP contribution in [-0.2, 0) is 6.18 Å². The molecule has 164 valence electrons. The third-order valence-electron chi connectivity index (χ3n) is 5.17. The Morgan fingerprint density at radius 2 is 1.80 bits per heavy atom. The van der Waals surface area contributed by atoms with E-state index < -0.39 is 11.7 Å². The summed E-state index contributed by atoms with van der Waals surface area (Å²) < 4.78 is 38.7. The van der Waals surface area contributed by atoms with Crippen LogP contribution in [0, 0.1) is 0 Å². The molecule has 0 radical (unpaired) electrons. The summed E-state index contributed by atoms with van der Waals surface area (Å²) in [4.78, 5) is 22.5. The van der Waals surface area contributed by atoms with Crippen LogP contribution < -0.4 is 10.5 Å². The number of hydrogen-bond acceptors (Lipinski definition) is 5. The van der Waals surface area contributed by atoms with E-state index in [1.165, 1.54) is 24.4 Å². The lowest BCUT2D eigenvalue weighted by Crippen LogP contribution is -2.46. The SMILES string of the molecule is O=c1ccnc(SCCCCCCN2CCN(c3cccc(C(F)(F)F)c3)CC2)[nH]1. The van der Waals surface area contributed by atoms with Crippen molar-refractivity contribution in [2.24, 2.45) is 0 Å². The molecule has 0 spiro atoms. The number of anilines is 1. The van der Waals surface area contributed by atoms with Crippen molar-refractivity contribution in [3.63, 3.8) is 0 Å². The van der Waals surface area contributed by atoms with Gasteiger partial charge in [0.2, 0.25) is 0 Å². The van der Waals surface area contributed by atoms with Crippen molar-refractivity contribution in [2.45, 2.75) is 37.0 Å². The maximum absolute atomic E-state index is 12.9. The quantitative estimate of drug-likeness (QED) is 0.359. The van der Waals surface area contributed by atoms with Gasteiger partial charge in [-0.25, -0.2) is 4.98 Å². The second-order valence-corrected chi connectivity index (χ2v) is 8.46. The van der Waals surface area contributed by atoms with E-state index in [2.05, 4.69) is 14.9 Å². The average Bonchev–Trinajstić information content (AvgIpc) is 2.73. The van der Waals surface area contributed by atoms with Crippen molar-refractivity contribution >= 4 is 17.4 Å². The van der Waals surface area contributed by atoms with Crippen LogP contribution in [0.4, 0.5) is 18.9 Å². The molecule has 0 bridgehead atoms. The Morgan fingerprint density at radius 1 is 1.03 bits per heavy atom. The molecule has 2 aromatic rings. The molecule has 5 nitrogen and oxygen atoms in total. The van der Waals surface area contributed by atoms with E-state index >= 15 is 0 Å². The van der Waals surface area contributed by atoms with Gasteiger partial charge < -0.3 is 9.88 Å². The Labute approximate surface area is 178 Å². The highest BCUT2D eigenvalue weighted by atomic mass is 32.2. The number of aromatic nitrogens is 2. The summed E-state index contributed by atoms with van der Waals surface area (Å²) in [5.41, 5.74) is -0.0631. The van der Waals surface area contributed by atoms with Crippen molar-refractivity contribution in [1.29, 1.82) is 0 Å². The normalized spacial score (nSPS) is 15.5. The van der Waals surface area contributed by atoms with Crippen LogP contribution in [0.15, 0.2) is 46.5 Å². The van der Waals surface area contributed by atoms with Gasteiger partial charge in [-0.05, 0) is 37.6 Å². The Bertz CT molecular complexity index is 850. The fraction of sp³-hybridized carbons (Fsp3) is 0.524. The van der Waals surface area contributed by atoms with Gasteiger partial charge >= 0.3 is 6.18 Å². The zero-order chi connectivity index (χ0) is 21.4. The van der Waals surface area contributed by atoms with E-state index in [0.29, 0.717) is 10.8 Å². The largest absolute Gasteiger partial charge is 0.416 e. The molecule has 1 saturated heterocycles.